The highest BCUT2D eigenvalue weighted by molar-refractivity contribution is 5.57. The predicted molar refractivity (Wildman–Crippen MR) is 124 cm³/mol. The smallest absolute Gasteiger partial charge is 0.406 e. The molecule has 0 atom stereocenters. The van der Waals surface area contributed by atoms with Crippen molar-refractivity contribution in [3.8, 4) is 28.9 Å². The van der Waals surface area contributed by atoms with Gasteiger partial charge in [0.1, 0.15) is 17.4 Å². The van der Waals surface area contributed by atoms with Crippen molar-refractivity contribution in [2.24, 2.45) is 7.05 Å². The fourth-order valence-electron chi connectivity index (χ4n) is 3.91. The van der Waals surface area contributed by atoms with Crippen LogP contribution in [0.2, 0.25) is 0 Å². The van der Waals surface area contributed by atoms with Gasteiger partial charge >= 0.3 is 12.8 Å². The summed E-state index contributed by atoms with van der Waals surface area (Å²) >= 11 is 0. The maximum atomic E-state index is 12.4. The first-order valence-corrected chi connectivity index (χ1v) is 11.4. The standard InChI is InChI=1S/C23H21F3N8O4/c1-32-19(13-15-6-7-27-18(12-15)33-8-10-34(11-9-33)36-14-35)28-21(30-32)22-29-20(31-38-22)16-2-4-17(5-3-16)37-23(24,25)26/h2-7,12,14H,8-11,13H2,1H3. The summed E-state index contributed by atoms with van der Waals surface area (Å²) in [6.45, 7) is 2.91. The number of hydroxylamine groups is 2. The van der Waals surface area contributed by atoms with Crippen LogP contribution in [0.15, 0.2) is 47.1 Å². The van der Waals surface area contributed by atoms with E-state index in [0.717, 1.165) is 23.5 Å². The molecule has 3 aromatic heterocycles. The number of alkyl halides is 3. The van der Waals surface area contributed by atoms with Crippen LogP contribution < -0.4 is 9.64 Å². The lowest BCUT2D eigenvalue weighted by molar-refractivity contribution is -0.274. The number of aryl methyl sites for hydroxylation is 1. The van der Waals surface area contributed by atoms with E-state index in [4.69, 9.17) is 9.36 Å². The molecule has 0 amide bonds. The van der Waals surface area contributed by atoms with Crippen LogP contribution in [0.1, 0.15) is 11.4 Å². The molecule has 38 heavy (non-hydrogen) atoms. The quantitative estimate of drug-likeness (QED) is 0.312. The summed E-state index contributed by atoms with van der Waals surface area (Å²) in [4.78, 5) is 30.8. The van der Waals surface area contributed by atoms with Crippen molar-refractivity contribution in [3.63, 3.8) is 0 Å². The second-order valence-corrected chi connectivity index (χ2v) is 8.29. The van der Waals surface area contributed by atoms with Gasteiger partial charge in [0.05, 0.1) is 13.1 Å². The van der Waals surface area contributed by atoms with Crippen molar-refractivity contribution >= 4 is 12.3 Å². The van der Waals surface area contributed by atoms with E-state index < -0.39 is 6.36 Å². The molecule has 0 bridgehead atoms. The van der Waals surface area contributed by atoms with Crippen LogP contribution in [0.25, 0.3) is 23.1 Å². The van der Waals surface area contributed by atoms with Crippen LogP contribution in [0.3, 0.4) is 0 Å². The predicted octanol–water partition coefficient (Wildman–Crippen LogP) is 2.63. The number of anilines is 1. The van der Waals surface area contributed by atoms with Crippen molar-refractivity contribution in [1.29, 1.82) is 0 Å². The van der Waals surface area contributed by atoms with E-state index >= 15 is 0 Å². The van der Waals surface area contributed by atoms with Crippen LogP contribution in [0.5, 0.6) is 5.75 Å². The van der Waals surface area contributed by atoms with Gasteiger partial charge in [-0.15, -0.1) is 23.3 Å². The van der Waals surface area contributed by atoms with Gasteiger partial charge in [-0.3, -0.25) is 9.48 Å². The number of piperazine rings is 1. The molecule has 0 aliphatic carbocycles. The Morgan fingerprint density at radius 1 is 1.05 bits per heavy atom. The zero-order chi connectivity index (χ0) is 26.7. The SMILES string of the molecule is Cn1nc(-c2nc(-c3ccc(OC(F)(F)F)cc3)no2)nc1Cc1ccnc(N2CCN(OC=O)CC2)c1. The largest absolute Gasteiger partial charge is 0.573 e. The average Bonchev–Trinajstić information content (AvgIpc) is 3.52. The molecule has 1 aliphatic rings. The van der Waals surface area contributed by atoms with Crippen molar-refractivity contribution in [1.82, 2.24) is 35.0 Å². The van der Waals surface area contributed by atoms with Gasteiger partial charge in [-0.2, -0.15) is 4.98 Å². The van der Waals surface area contributed by atoms with E-state index in [1.165, 1.54) is 12.1 Å². The number of carbonyl (C=O) groups is 1. The van der Waals surface area contributed by atoms with Gasteiger partial charge in [0, 0.05) is 38.3 Å². The van der Waals surface area contributed by atoms with Crippen LogP contribution in [0.4, 0.5) is 19.0 Å². The molecule has 0 saturated carbocycles. The molecular weight excluding hydrogens is 509 g/mol. The molecule has 5 rings (SSSR count). The average molecular weight is 530 g/mol. The topological polar surface area (TPSA) is 125 Å². The minimum Gasteiger partial charge on any atom is -0.406 e. The Bertz CT molecular complexity index is 1400. The molecule has 0 unspecified atom stereocenters. The first kappa shape index (κ1) is 25.1. The van der Waals surface area contributed by atoms with Gasteiger partial charge in [0.15, 0.2) is 0 Å². The number of pyridine rings is 1. The molecule has 1 aliphatic heterocycles. The molecule has 15 heteroatoms. The number of rotatable bonds is 8. The monoisotopic (exact) mass is 530 g/mol. The molecule has 4 heterocycles. The maximum Gasteiger partial charge on any atom is 0.573 e. The van der Waals surface area contributed by atoms with Gasteiger partial charge in [0.2, 0.25) is 11.6 Å². The molecule has 0 spiro atoms. The molecule has 0 radical (unpaired) electrons. The molecule has 1 saturated heterocycles. The Labute approximate surface area is 213 Å². The highest BCUT2D eigenvalue weighted by Crippen LogP contribution is 2.26. The fraction of sp³-hybridized carbons (Fsp3) is 0.304. The molecule has 4 aromatic rings. The van der Waals surface area contributed by atoms with Crippen LogP contribution in [-0.4, -0.2) is 74.0 Å². The van der Waals surface area contributed by atoms with Gasteiger partial charge in [-0.25, -0.2) is 9.97 Å². The van der Waals surface area contributed by atoms with E-state index in [2.05, 4.69) is 34.8 Å². The number of benzene rings is 1. The van der Waals surface area contributed by atoms with Crippen molar-refractivity contribution < 1.29 is 32.1 Å². The summed E-state index contributed by atoms with van der Waals surface area (Å²) in [5.74, 6) is 1.57. The molecule has 1 fully saturated rings. The summed E-state index contributed by atoms with van der Waals surface area (Å²) in [6.07, 6.45) is -2.58. The molecule has 0 N–H and O–H groups in total. The Balaban J connectivity index is 1.26. The van der Waals surface area contributed by atoms with Crippen LogP contribution in [0, 0.1) is 0 Å². The Morgan fingerprint density at radius 3 is 2.53 bits per heavy atom. The number of aromatic nitrogens is 6. The number of hydrogen-bond donors (Lipinski definition) is 0. The lowest BCUT2D eigenvalue weighted by atomic mass is 10.2. The third-order valence-corrected chi connectivity index (χ3v) is 5.74. The second kappa shape index (κ2) is 10.5. The third-order valence-electron chi connectivity index (χ3n) is 5.74. The highest BCUT2D eigenvalue weighted by Gasteiger charge is 2.31. The summed E-state index contributed by atoms with van der Waals surface area (Å²) in [7, 11) is 1.75. The molecular formula is C23H21F3N8O4. The molecule has 12 nitrogen and oxygen atoms in total. The minimum absolute atomic E-state index is 0.0725. The Morgan fingerprint density at radius 2 is 1.82 bits per heavy atom. The summed E-state index contributed by atoms with van der Waals surface area (Å²) in [5.41, 5.74) is 1.41. The fourth-order valence-corrected chi connectivity index (χ4v) is 3.91. The number of ether oxygens (including phenoxy) is 1. The molecule has 198 valence electrons. The van der Waals surface area contributed by atoms with Gasteiger partial charge < -0.3 is 19.0 Å². The summed E-state index contributed by atoms with van der Waals surface area (Å²) < 4.78 is 47.9. The second-order valence-electron chi connectivity index (χ2n) is 8.29. The van der Waals surface area contributed by atoms with Crippen molar-refractivity contribution in [3.05, 3.63) is 54.0 Å². The normalized spacial score (nSPS) is 14.5. The lowest BCUT2D eigenvalue weighted by Gasteiger charge is -2.33. The minimum atomic E-state index is -4.77. The maximum absolute atomic E-state index is 12.4. The first-order chi connectivity index (χ1) is 18.3. The Hall–Kier alpha value is -4.53. The Kier molecular flexibility index (Phi) is 6.91. The lowest BCUT2D eigenvalue weighted by Crippen LogP contribution is -2.46. The van der Waals surface area contributed by atoms with Gasteiger partial charge in [-0.05, 0) is 42.0 Å². The van der Waals surface area contributed by atoms with Gasteiger partial charge in [-0.1, -0.05) is 5.16 Å². The van der Waals surface area contributed by atoms with E-state index in [1.54, 1.807) is 23.0 Å². The third kappa shape index (κ3) is 5.88. The van der Waals surface area contributed by atoms with Crippen LogP contribution >= 0.6 is 0 Å². The van der Waals surface area contributed by atoms with E-state index in [-0.39, 0.29) is 23.3 Å². The zero-order valence-electron chi connectivity index (χ0n) is 20.0. The van der Waals surface area contributed by atoms with Crippen molar-refractivity contribution in [2.45, 2.75) is 12.8 Å². The van der Waals surface area contributed by atoms with Crippen molar-refractivity contribution in [2.75, 3.05) is 31.1 Å². The number of nitrogens with zero attached hydrogens (tertiary/aromatic N) is 8. The summed E-state index contributed by atoms with van der Waals surface area (Å²) in [6, 6.07) is 8.98. The number of hydrogen-bond acceptors (Lipinski definition) is 11. The molecule has 1 aromatic carbocycles. The van der Waals surface area contributed by atoms with Crippen LogP contribution in [-0.2, 0) is 23.1 Å². The summed E-state index contributed by atoms with van der Waals surface area (Å²) in [5, 5.41) is 9.86. The van der Waals surface area contributed by atoms with E-state index in [0.29, 0.717) is 50.5 Å². The highest BCUT2D eigenvalue weighted by atomic mass is 19.4. The van der Waals surface area contributed by atoms with E-state index in [9.17, 15) is 18.0 Å². The number of halogens is 3. The van der Waals surface area contributed by atoms with Gasteiger partial charge in [0.25, 0.3) is 5.89 Å². The first-order valence-electron chi connectivity index (χ1n) is 11.4. The number of carbonyl (C=O) groups excluding carboxylic acids is 1. The van der Waals surface area contributed by atoms with E-state index in [1.807, 2.05) is 12.1 Å². The zero-order valence-corrected chi connectivity index (χ0v) is 20.0.